The Morgan fingerprint density at radius 2 is 1.42 bits per heavy atom. The van der Waals surface area contributed by atoms with Gasteiger partial charge < -0.3 is 0 Å². The molecule has 19 heavy (non-hydrogen) atoms. The first-order chi connectivity index (χ1) is 8.69. The molecule has 0 N–H and O–H groups in total. The van der Waals surface area contributed by atoms with Gasteiger partial charge in [-0.25, -0.2) is 0 Å². The van der Waals surface area contributed by atoms with Crippen LogP contribution in [-0.2, 0) is 0 Å². The molecule has 0 saturated heterocycles. The highest BCUT2D eigenvalue weighted by Crippen LogP contribution is 2.82. The molecule has 0 nitrogen and oxygen atoms in total. The van der Waals surface area contributed by atoms with Gasteiger partial charge in [-0.1, -0.05) is 64.1 Å². The van der Waals surface area contributed by atoms with E-state index in [1.54, 1.807) is 0 Å². The molecule has 2 saturated carbocycles. The van der Waals surface area contributed by atoms with Crippen LogP contribution in [-0.4, -0.2) is 14.1 Å². The largest absolute Gasteiger partial charge is 0.166 e. The van der Waals surface area contributed by atoms with Crippen molar-refractivity contribution in [2.24, 2.45) is 23.7 Å². The first kappa shape index (κ1) is 14.1. The Balaban J connectivity index is 2.01. The van der Waals surface area contributed by atoms with Crippen LogP contribution < -0.4 is 0 Å². The van der Waals surface area contributed by atoms with Crippen molar-refractivity contribution in [2.75, 3.05) is 0 Å². The molecule has 0 aromatic rings. The van der Waals surface area contributed by atoms with E-state index in [1.165, 1.54) is 0 Å². The van der Waals surface area contributed by atoms with Gasteiger partial charge in [-0.2, -0.15) is 0 Å². The molecule has 0 amide bonds. The number of fused-ring (bicyclic) bond motifs is 9. The van der Waals surface area contributed by atoms with Crippen molar-refractivity contribution in [3.8, 4) is 0 Å². The van der Waals surface area contributed by atoms with Crippen LogP contribution in [0.3, 0.4) is 0 Å². The molecule has 4 bridgehead atoms. The first-order valence-electron chi connectivity index (χ1n) is 5.88. The maximum absolute atomic E-state index is 6.78. The summed E-state index contributed by atoms with van der Waals surface area (Å²) in [6, 6.07) is 0. The van der Waals surface area contributed by atoms with Crippen molar-refractivity contribution in [3.63, 3.8) is 0 Å². The van der Waals surface area contributed by atoms with Gasteiger partial charge in [0.25, 0.3) is 0 Å². The van der Waals surface area contributed by atoms with Crippen molar-refractivity contribution in [1.29, 1.82) is 0 Å². The summed E-state index contributed by atoms with van der Waals surface area (Å²) in [7, 11) is 0. The van der Waals surface area contributed by atoms with E-state index in [9.17, 15) is 0 Å². The third-order valence-electron chi connectivity index (χ3n) is 5.20. The molecule has 0 spiro atoms. The van der Waals surface area contributed by atoms with E-state index in [2.05, 4.69) is 0 Å². The summed E-state index contributed by atoms with van der Waals surface area (Å²) in [5.41, 5.74) is 0. The number of rotatable bonds is 0. The van der Waals surface area contributed by atoms with Crippen molar-refractivity contribution in [1.82, 2.24) is 0 Å². The molecule has 2 fully saturated rings. The van der Waals surface area contributed by atoms with Gasteiger partial charge in [-0.05, 0) is 24.2 Å². The smallest absolute Gasteiger partial charge is 0.109 e. The molecule has 4 aliphatic carbocycles. The summed E-state index contributed by atoms with van der Waals surface area (Å²) in [4.78, 5) is -2.29. The Kier molecular flexibility index (Phi) is 2.75. The molecule has 7 heteroatoms. The summed E-state index contributed by atoms with van der Waals surface area (Å²) in [5.74, 6) is 0.226. The maximum Gasteiger partial charge on any atom is 0.166 e. The highest BCUT2D eigenvalue weighted by molar-refractivity contribution is 6.65. The van der Waals surface area contributed by atoms with Gasteiger partial charge in [0.15, 0.2) is 4.33 Å². The van der Waals surface area contributed by atoms with Crippen molar-refractivity contribution < 1.29 is 0 Å². The van der Waals surface area contributed by atoms with E-state index in [0.29, 0.717) is 0 Å². The predicted molar refractivity (Wildman–Crippen MR) is 82.9 cm³/mol. The minimum atomic E-state index is -1.43. The minimum absolute atomic E-state index is 0.0239. The summed E-state index contributed by atoms with van der Waals surface area (Å²) in [6.07, 6.45) is 2.94. The van der Waals surface area contributed by atoms with E-state index >= 15 is 0 Å². The minimum Gasteiger partial charge on any atom is -0.109 e. The second-order valence-corrected chi connectivity index (χ2v) is 9.45. The van der Waals surface area contributed by atoms with Gasteiger partial charge in [0, 0.05) is 11.0 Å². The molecular weight excluding hydrogens is 392 g/mol. The number of alkyl halides is 4. The molecule has 0 aromatic carbocycles. The Hall–Kier alpha value is 1.51. The van der Waals surface area contributed by atoms with Gasteiger partial charge in [0.2, 0.25) is 0 Å². The van der Waals surface area contributed by atoms with Crippen LogP contribution in [0.15, 0.2) is 21.2 Å². The summed E-state index contributed by atoms with van der Waals surface area (Å²) in [6.45, 7) is 0. The molecule has 0 heterocycles. The second kappa shape index (κ2) is 3.70. The number of allylic oxidation sites excluding steroid dienone is 4. The lowest BCUT2D eigenvalue weighted by Gasteiger charge is -2.38. The fraction of sp³-hybridized carbons (Fsp3) is 0.667. The molecule has 0 aliphatic heterocycles. The van der Waals surface area contributed by atoms with Crippen LogP contribution >= 0.6 is 81.2 Å². The van der Waals surface area contributed by atoms with Gasteiger partial charge in [-0.3, -0.25) is 0 Å². The molecule has 104 valence electrons. The lowest BCUT2D eigenvalue weighted by atomic mass is 9.75. The molecular formula is C12H7Cl7. The molecule has 6 unspecified atom stereocenters. The van der Waals surface area contributed by atoms with Gasteiger partial charge in [-0.15, -0.1) is 23.2 Å². The van der Waals surface area contributed by atoms with Crippen LogP contribution in [0.1, 0.15) is 6.42 Å². The Morgan fingerprint density at radius 3 is 2.00 bits per heavy atom. The average molecular weight is 399 g/mol. The summed E-state index contributed by atoms with van der Waals surface area (Å²) in [5, 5.41) is 1.37. The Labute approximate surface area is 145 Å². The van der Waals surface area contributed by atoms with E-state index in [-0.39, 0.29) is 33.7 Å². The highest BCUT2D eigenvalue weighted by Gasteiger charge is 2.85. The van der Waals surface area contributed by atoms with Gasteiger partial charge in [0.1, 0.15) is 9.75 Å². The fourth-order valence-electron chi connectivity index (χ4n) is 4.53. The van der Waals surface area contributed by atoms with E-state index in [1.807, 2.05) is 6.08 Å². The van der Waals surface area contributed by atoms with E-state index in [0.717, 1.165) is 11.5 Å². The monoisotopic (exact) mass is 396 g/mol. The van der Waals surface area contributed by atoms with Crippen molar-refractivity contribution >= 4 is 81.2 Å². The predicted octanol–water partition coefficient (Wildman–Crippen LogP) is 5.84. The second-order valence-electron chi connectivity index (χ2n) is 5.74. The third-order valence-corrected chi connectivity index (χ3v) is 9.90. The van der Waals surface area contributed by atoms with Crippen molar-refractivity contribution in [3.05, 3.63) is 21.2 Å². The van der Waals surface area contributed by atoms with Gasteiger partial charge >= 0.3 is 0 Å². The summed E-state index contributed by atoms with van der Waals surface area (Å²) >= 11 is 45.5. The number of halogens is 7. The summed E-state index contributed by atoms with van der Waals surface area (Å²) < 4.78 is -1.43. The van der Waals surface area contributed by atoms with E-state index < -0.39 is 14.1 Å². The third kappa shape index (κ3) is 1.17. The zero-order chi connectivity index (χ0) is 14.0. The van der Waals surface area contributed by atoms with E-state index in [4.69, 9.17) is 81.2 Å². The SMILES string of the molecule is ClC1=CC2CC1C1C2C2(Cl)C(Cl)=C(Cl)C1(Cl)C2(Cl)Cl. The molecule has 4 rings (SSSR count). The normalized spacial score (nSPS) is 56.9. The Bertz CT molecular complexity index is 564. The maximum atomic E-state index is 6.78. The van der Waals surface area contributed by atoms with Crippen LogP contribution in [0.25, 0.3) is 0 Å². The molecule has 0 radical (unpaired) electrons. The van der Waals surface area contributed by atoms with Crippen LogP contribution in [0.5, 0.6) is 0 Å². The van der Waals surface area contributed by atoms with Crippen LogP contribution in [0.4, 0.5) is 0 Å². The standard InChI is InChI=1S/C12H7Cl7/c13-5-2-3-1-4(5)7-6(3)10(16)8(14)9(15)11(7,17)12(10,18)19/h2-4,6-7H,1H2. The topological polar surface area (TPSA) is 0 Å². The first-order valence-corrected chi connectivity index (χ1v) is 8.52. The highest BCUT2D eigenvalue weighted by atomic mass is 35.5. The lowest BCUT2D eigenvalue weighted by Crippen LogP contribution is -2.46. The Morgan fingerprint density at radius 1 is 0.895 bits per heavy atom. The average Bonchev–Trinajstić information content (AvgIpc) is 2.95. The molecule has 6 atom stereocenters. The number of hydrogen-bond acceptors (Lipinski definition) is 0. The van der Waals surface area contributed by atoms with Crippen LogP contribution in [0.2, 0.25) is 0 Å². The van der Waals surface area contributed by atoms with Gasteiger partial charge in [0.05, 0.1) is 10.1 Å². The fourth-order valence-corrected chi connectivity index (χ4v) is 8.04. The van der Waals surface area contributed by atoms with Crippen LogP contribution in [0, 0.1) is 23.7 Å². The zero-order valence-corrected chi connectivity index (χ0v) is 14.5. The molecule has 0 aromatic heterocycles. The van der Waals surface area contributed by atoms with Crippen molar-refractivity contribution in [2.45, 2.75) is 20.5 Å². The lowest BCUT2D eigenvalue weighted by molar-refractivity contribution is 0.302. The number of hydrogen-bond donors (Lipinski definition) is 0. The quantitative estimate of drug-likeness (QED) is 0.355. The molecule has 4 aliphatic rings. The zero-order valence-electron chi connectivity index (χ0n) is 9.24.